The number of hydrogen-bond acceptors (Lipinski definition) is 3. The lowest BCUT2D eigenvalue weighted by atomic mass is 9.51. The Kier molecular flexibility index (Phi) is 2.25. The maximum Gasteiger partial charge on any atom is 0.143 e. The number of fused-ring (bicyclic) bond motifs is 1. The molecule has 3 nitrogen and oxygen atoms in total. The Morgan fingerprint density at radius 3 is 3.05 bits per heavy atom. The number of ketones is 1. The van der Waals surface area contributed by atoms with Crippen LogP contribution in [-0.4, -0.2) is 23.2 Å². The Balaban J connectivity index is 2.00. The number of Topliss-reactive ketones (excluding diaryl/α,β-unsaturated/α-hetero) is 1. The van der Waals surface area contributed by atoms with E-state index >= 15 is 0 Å². The third kappa shape index (κ3) is 1.32. The smallest absolute Gasteiger partial charge is 0.143 e. The molecule has 1 aromatic rings. The molecule has 2 aliphatic carbocycles. The molecule has 3 atom stereocenters. The van der Waals surface area contributed by atoms with Gasteiger partial charge in [0.15, 0.2) is 0 Å². The molecule has 2 bridgehead atoms. The minimum Gasteiger partial charge on any atom is -0.375 e. The van der Waals surface area contributed by atoms with Crippen molar-refractivity contribution in [3.8, 4) is 0 Å². The van der Waals surface area contributed by atoms with Gasteiger partial charge in [-0.05, 0) is 36.9 Å². The minimum absolute atomic E-state index is 0.0462. The van der Waals surface area contributed by atoms with Crippen LogP contribution in [0.3, 0.4) is 0 Å². The largest absolute Gasteiger partial charge is 0.375 e. The molecule has 3 aliphatic rings. The highest BCUT2D eigenvalue weighted by Gasteiger charge is 2.61. The van der Waals surface area contributed by atoms with Gasteiger partial charge in [0.2, 0.25) is 0 Å². The number of carbonyl (C=O) groups excluding carboxylic acids is 1. The molecule has 2 N–H and O–H groups in total. The zero-order valence-electron chi connectivity index (χ0n) is 11.0. The SMILES string of the molecule is O=C1CCC[C@H]2[C@@]3(O)Cc4ccccc4[C@@]12CCN3. The van der Waals surface area contributed by atoms with Crippen molar-refractivity contribution in [3.05, 3.63) is 35.4 Å². The number of carbonyl (C=O) groups is 1. The van der Waals surface area contributed by atoms with E-state index in [1.807, 2.05) is 12.1 Å². The summed E-state index contributed by atoms with van der Waals surface area (Å²) in [6.45, 7) is 0.729. The third-order valence-electron chi connectivity index (χ3n) is 5.47. The lowest BCUT2D eigenvalue weighted by molar-refractivity contribution is -0.155. The van der Waals surface area contributed by atoms with Crippen molar-refractivity contribution in [1.29, 1.82) is 0 Å². The van der Waals surface area contributed by atoms with Crippen LogP contribution in [0.1, 0.15) is 36.8 Å². The zero-order chi connectivity index (χ0) is 13.1. The lowest BCUT2D eigenvalue weighted by Gasteiger charge is -2.58. The first kappa shape index (κ1) is 11.6. The number of nitrogens with one attached hydrogen (secondary N) is 1. The molecular weight excluding hydrogens is 238 g/mol. The van der Waals surface area contributed by atoms with Gasteiger partial charge in [-0.1, -0.05) is 24.3 Å². The molecule has 1 saturated carbocycles. The summed E-state index contributed by atoms with van der Waals surface area (Å²) in [5.41, 5.74) is 1.02. The molecule has 0 unspecified atom stereocenters. The lowest BCUT2D eigenvalue weighted by Crippen LogP contribution is -2.70. The number of rotatable bonds is 0. The molecule has 1 aromatic carbocycles. The summed E-state index contributed by atoms with van der Waals surface area (Å²) in [6, 6.07) is 8.20. The number of hydrogen-bond donors (Lipinski definition) is 2. The Morgan fingerprint density at radius 1 is 1.32 bits per heavy atom. The fourth-order valence-electron chi connectivity index (χ4n) is 4.75. The van der Waals surface area contributed by atoms with Crippen LogP contribution >= 0.6 is 0 Å². The van der Waals surface area contributed by atoms with Gasteiger partial charge in [0, 0.05) is 18.8 Å². The summed E-state index contributed by atoms with van der Waals surface area (Å²) in [7, 11) is 0. The van der Waals surface area contributed by atoms with Gasteiger partial charge >= 0.3 is 0 Å². The quantitative estimate of drug-likeness (QED) is 0.741. The van der Waals surface area contributed by atoms with Gasteiger partial charge in [0.25, 0.3) is 0 Å². The first-order valence-corrected chi connectivity index (χ1v) is 7.26. The molecule has 4 rings (SSSR count). The van der Waals surface area contributed by atoms with Gasteiger partial charge in [-0.3, -0.25) is 10.1 Å². The first-order chi connectivity index (χ1) is 9.17. The summed E-state index contributed by atoms with van der Waals surface area (Å²) in [5.74, 6) is 0.390. The summed E-state index contributed by atoms with van der Waals surface area (Å²) in [4.78, 5) is 12.7. The van der Waals surface area contributed by atoms with Crippen LogP contribution in [0.5, 0.6) is 0 Å². The van der Waals surface area contributed by atoms with Crippen molar-refractivity contribution in [2.24, 2.45) is 5.92 Å². The van der Waals surface area contributed by atoms with E-state index in [4.69, 9.17) is 0 Å². The molecular formula is C16H19NO2. The van der Waals surface area contributed by atoms with Crippen LogP contribution in [0.4, 0.5) is 0 Å². The van der Waals surface area contributed by atoms with Crippen molar-refractivity contribution in [2.75, 3.05) is 6.54 Å². The van der Waals surface area contributed by atoms with E-state index in [9.17, 15) is 9.90 Å². The second kappa shape index (κ2) is 3.68. The highest BCUT2D eigenvalue weighted by atomic mass is 16.3. The van der Waals surface area contributed by atoms with Gasteiger partial charge < -0.3 is 5.11 Å². The van der Waals surface area contributed by atoms with Crippen LogP contribution in [0.25, 0.3) is 0 Å². The van der Waals surface area contributed by atoms with E-state index in [0.29, 0.717) is 18.6 Å². The fraction of sp³-hybridized carbons (Fsp3) is 0.562. The van der Waals surface area contributed by atoms with Crippen LogP contribution in [0.15, 0.2) is 24.3 Å². The van der Waals surface area contributed by atoms with Crippen molar-refractivity contribution in [2.45, 2.75) is 43.2 Å². The van der Waals surface area contributed by atoms with E-state index in [1.165, 1.54) is 5.56 Å². The Hall–Kier alpha value is -1.19. The normalized spacial score (nSPS) is 40.5. The number of benzene rings is 1. The summed E-state index contributed by atoms with van der Waals surface area (Å²) >= 11 is 0. The topological polar surface area (TPSA) is 49.3 Å². The average molecular weight is 257 g/mol. The number of piperidine rings is 1. The Labute approximate surface area is 113 Å². The van der Waals surface area contributed by atoms with Gasteiger partial charge in [0.05, 0.1) is 5.41 Å². The van der Waals surface area contributed by atoms with E-state index in [0.717, 1.165) is 31.4 Å². The van der Waals surface area contributed by atoms with E-state index in [1.54, 1.807) is 0 Å². The standard InChI is InChI=1S/C16H19NO2/c18-14-7-3-6-13-15(14)8-9-17-16(13,19)10-11-4-1-2-5-12(11)15/h1-2,4-5,13,17,19H,3,6-10H2/t13-,15-,16+/m1/s1. The second-order valence-electron chi connectivity index (χ2n) is 6.27. The monoisotopic (exact) mass is 257 g/mol. The molecule has 0 amide bonds. The predicted octanol–water partition coefficient (Wildman–Crippen LogP) is 1.53. The molecule has 0 aromatic heterocycles. The van der Waals surface area contributed by atoms with Gasteiger partial charge in [-0.25, -0.2) is 0 Å². The minimum atomic E-state index is -0.886. The molecule has 2 fully saturated rings. The number of aliphatic hydroxyl groups is 1. The van der Waals surface area contributed by atoms with Gasteiger partial charge in [-0.15, -0.1) is 0 Å². The summed E-state index contributed by atoms with van der Waals surface area (Å²) in [6.07, 6.45) is 3.99. The highest BCUT2D eigenvalue weighted by Crippen LogP contribution is 2.54. The molecule has 1 heterocycles. The molecule has 3 heteroatoms. The van der Waals surface area contributed by atoms with E-state index in [-0.39, 0.29) is 5.92 Å². The van der Waals surface area contributed by atoms with Crippen LogP contribution in [0.2, 0.25) is 0 Å². The summed E-state index contributed by atoms with van der Waals surface area (Å²) in [5, 5.41) is 14.3. The summed E-state index contributed by atoms with van der Waals surface area (Å²) < 4.78 is 0. The van der Waals surface area contributed by atoms with Crippen LogP contribution in [0, 0.1) is 5.92 Å². The van der Waals surface area contributed by atoms with Gasteiger partial charge in [-0.2, -0.15) is 0 Å². The highest BCUT2D eigenvalue weighted by molar-refractivity contribution is 5.92. The molecule has 19 heavy (non-hydrogen) atoms. The third-order valence-corrected chi connectivity index (χ3v) is 5.47. The predicted molar refractivity (Wildman–Crippen MR) is 71.7 cm³/mol. The van der Waals surface area contributed by atoms with Crippen LogP contribution in [-0.2, 0) is 16.6 Å². The van der Waals surface area contributed by atoms with Crippen molar-refractivity contribution in [3.63, 3.8) is 0 Å². The Bertz CT molecular complexity index is 555. The molecule has 0 spiro atoms. The molecule has 0 radical (unpaired) electrons. The average Bonchev–Trinajstić information content (AvgIpc) is 2.39. The second-order valence-corrected chi connectivity index (χ2v) is 6.27. The van der Waals surface area contributed by atoms with Crippen molar-refractivity contribution < 1.29 is 9.90 Å². The van der Waals surface area contributed by atoms with E-state index < -0.39 is 11.1 Å². The molecule has 100 valence electrons. The fourth-order valence-corrected chi connectivity index (χ4v) is 4.75. The molecule has 1 saturated heterocycles. The Morgan fingerprint density at radius 2 is 2.16 bits per heavy atom. The maximum atomic E-state index is 12.7. The van der Waals surface area contributed by atoms with Crippen LogP contribution < -0.4 is 5.32 Å². The zero-order valence-corrected chi connectivity index (χ0v) is 11.0. The van der Waals surface area contributed by atoms with Crippen molar-refractivity contribution >= 4 is 5.78 Å². The van der Waals surface area contributed by atoms with E-state index in [2.05, 4.69) is 17.4 Å². The van der Waals surface area contributed by atoms with Gasteiger partial charge in [0.1, 0.15) is 11.5 Å². The maximum absolute atomic E-state index is 12.7. The van der Waals surface area contributed by atoms with Crippen molar-refractivity contribution in [1.82, 2.24) is 5.32 Å². The molecule has 1 aliphatic heterocycles. The first-order valence-electron chi connectivity index (χ1n) is 7.26.